The summed E-state index contributed by atoms with van der Waals surface area (Å²) in [4.78, 5) is 29.8. The molecule has 2 atom stereocenters. The summed E-state index contributed by atoms with van der Waals surface area (Å²) in [5, 5.41) is 37.6. The molecule has 1 fully saturated rings. The minimum Gasteiger partial charge on any atom is -0.434 e. The highest BCUT2D eigenvalue weighted by molar-refractivity contribution is 5.94. The number of tetrazole rings is 1. The molecule has 0 unspecified atom stereocenters. The number of hydrogen-bond acceptors (Lipinski definition) is 12. The SMILES string of the molecule is C[C@@H](N1CCN(c2ccc(-n3cnnn3)cc2)C1=O)[C@@](O)(CN1CN(COC(=O)OCCCO)C=N1)c1ccc(F)cc1F. The molecule has 0 spiro atoms. The highest BCUT2D eigenvalue weighted by atomic mass is 19.1. The Hall–Kier alpha value is -4.90. The monoisotopic (exact) mass is 615 g/mol. The van der Waals surface area contributed by atoms with Gasteiger partial charge in [0.15, 0.2) is 6.73 Å². The number of aliphatic hydroxyl groups excluding tert-OH is 1. The molecule has 2 amide bonds. The van der Waals surface area contributed by atoms with Crippen LogP contribution in [0.2, 0.25) is 0 Å². The summed E-state index contributed by atoms with van der Waals surface area (Å²) >= 11 is 0. The third-order valence-electron chi connectivity index (χ3n) is 7.39. The Kier molecular flexibility index (Phi) is 9.15. The maximum Gasteiger partial charge on any atom is 0.510 e. The van der Waals surface area contributed by atoms with Gasteiger partial charge in [-0.25, -0.2) is 23.1 Å². The fraction of sp³-hybridized carbons (Fsp3) is 0.407. The van der Waals surface area contributed by atoms with Crippen LogP contribution in [0.3, 0.4) is 0 Å². The highest BCUT2D eigenvalue weighted by Crippen LogP contribution is 2.35. The molecule has 0 bridgehead atoms. The van der Waals surface area contributed by atoms with E-state index in [1.165, 1.54) is 37.1 Å². The number of halogens is 2. The van der Waals surface area contributed by atoms with E-state index in [9.17, 15) is 19.1 Å². The number of rotatable bonds is 12. The molecule has 1 saturated heterocycles. The van der Waals surface area contributed by atoms with E-state index in [0.29, 0.717) is 24.0 Å². The Morgan fingerprint density at radius 2 is 1.89 bits per heavy atom. The average molecular weight is 616 g/mol. The summed E-state index contributed by atoms with van der Waals surface area (Å²) in [6, 6.07) is 8.47. The van der Waals surface area contributed by atoms with Gasteiger partial charge in [-0.1, -0.05) is 6.07 Å². The van der Waals surface area contributed by atoms with Gasteiger partial charge in [0.2, 0.25) is 0 Å². The number of aliphatic hydroxyl groups is 2. The van der Waals surface area contributed by atoms with Crippen LogP contribution >= 0.6 is 0 Å². The van der Waals surface area contributed by atoms with Gasteiger partial charge >= 0.3 is 12.2 Å². The standard InChI is InChI=1S/C27H31F2N9O6/c1-19(36-9-10-37(25(36)40)21-4-6-22(7-5-21)38-15-30-32-33-38)27(42,23-8-3-20(28)13-24(23)29)14-35-17-34(16-31-35)18-44-26(41)43-12-2-11-39/h3-8,13,15-16,19,39,42H,2,9-12,14,17-18H2,1H3/t19-,27+/m1/s1. The quantitative estimate of drug-likeness (QED) is 0.224. The van der Waals surface area contributed by atoms with Crippen LogP contribution in [0.1, 0.15) is 18.9 Å². The van der Waals surface area contributed by atoms with E-state index in [0.717, 1.165) is 12.1 Å². The maximum absolute atomic E-state index is 15.2. The van der Waals surface area contributed by atoms with Gasteiger partial charge in [0.1, 0.15) is 36.6 Å². The van der Waals surface area contributed by atoms with E-state index in [2.05, 4.69) is 20.6 Å². The average Bonchev–Trinajstić information content (AvgIpc) is 3.78. The summed E-state index contributed by atoms with van der Waals surface area (Å²) in [5.74, 6) is -1.79. The second kappa shape index (κ2) is 13.2. The summed E-state index contributed by atoms with van der Waals surface area (Å²) in [5.41, 5.74) is -0.945. The van der Waals surface area contributed by atoms with Crippen molar-refractivity contribution in [3.8, 4) is 5.69 Å². The van der Waals surface area contributed by atoms with E-state index in [1.807, 2.05) is 0 Å². The lowest BCUT2D eigenvalue weighted by atomic mass is 9.85. The molecule has 0 aliphatic carbocycles. The van der Waals surface area contributed by atoms with Crippen molar-refractivity contribution < 1.29 is 38.1 Å². The van der Waals surface area contributed by atoms with E-state index >= 15 is 4.39 Å². The lowest BCUT2D eigenvalue weighted by molar-refractivity contribution is -0.0602. The fourth-order valence-corrected chi connectivity index (χ4v) is 5.03. The Bertz CT molecular complexity index is 1480. The van der Waals surface area contributed by atoms with Crippen molar-refractivity contribution >= 4 is 24.2 Å². The number of hydrazone groups is 1. The normalized spacial score (nSPS) is 16.9. The molecule has 17 heteroatoms. The van der Waals surface area contributed by atoms with Crippen molar-refractivity contribution in [2.45, 2.75) is 25.0 Å². The molecule has 1 aromatic heterocycles. The van der Waals surface area contributed by atoms with Gasteiger partial charge in [-0.05, 0) is 47.7 Å². The summed E-state index contributed by atoms with van der Waals surface area (Å²) in [6.45, 7) is 1.54. The number of carbonyl (C=O) groups excluding carboxylic acids is 2. The molecule has 2 aromatic carbocycles. The number of urea groups is 1. The molecular weight excluding hydrogens is 584 g/mol. The molecule has 3 heterocycles. The number of nitrogens with zero attached hydrogens (tertiary/aromatic N) is 9. The largest absolute Gasteiger partial charge is 0.510 e. The van der Waals surface area contributed by atoms with Gasteiger partial charge in [0.05, 0.1) is 24.9 Å². The topological polar surface area (TPSA) is 162 Å². The number of hydrogen-bond donors (Lipinski definition) is 2. The molecule has 2 N–H and O–H groups in total. The Morgan fingerprint density at radius 3 is 2.59 bits per heavy atom. The molecule has 234 valence electrons. The number of β-amino-alcohol motifs (C(OH)–C–C–N with tert-alkyl or cyclic N) is 1. The van der Waals surface area contributed by atoms with Gasteiger partial charge in [-0.15, -0.1) is 5.10 Å². The number of ether oxygens (including phenoxy) is 2. The van der Waals surface area contributed by atoms with Crippen molar-refractivity contribution in [1.82, 2.24) is 35.0 Å². The predicted molar refractivity (Wildman–Crippen MR) is 149 cm³/mol. The van der Waals surface area contributed by atoms with Gasteiger partial charge < -0.3 is 29.5 Å². The van der Waals surface area contributed by atoms with Crippen LogP contribution in [0.15, 0.2) is 53.9 Å². The van der Waals surface area contributed by atoms with Crippen LogP contribution in [0.25, 0.3) is 5.69 Å². The first-order valence-corrected chi connectivity index (χ1v) is 13.7. The predicted octanol–water partition coefficient (Wildman–Crippen LogP) is 1.47. The number of carbonyl (C=O) groups is 2. The molecule has 44 heavy (non-hydrogen) atoms. The van der Waals surface area contributed by atoms with Crippen molar-refractivity contribution in [2.75, 3.05) is 51.1 Å². The van der Waals surface area contributed by atoms with Gasteiger partial charge in [0.25, 0.3) is 0 Å². The molecule has 3 aromatic rings. The summed E-state index contributed by atoms with van der Waals surface area (Å²) in [6.07, 6.45) is 2.16. The summed E-state index contributed by atoms with van der Waals surface area (Å²) in [7, 11) is 0. The lowest BCUT2D eigenvalue weighted by Gasteiger charge is -2.41. The zero-order valence-electron chi connectivity index (χ0n) is 23.7. The van der Waals surface area contributed by atoms with Crippen LogP contribution in [-0.2, 0) is 15.1 Å². The van der Waals surface area contributed by atoms with Crippen molar-refractivity contribution in [3.05, 3.63) is 66.0 Å². The van der Waals surface area contributed by atoms with Crippen LogP contribution in [0.4, 0.5) is 24.1 Å². The van der Waals surface area contributed by atoms with E-state index in [1.54, 1.807) is 31.2 Å². The number of anilines is 1. The van der Waals surface area contributed by atoms with E-state index < -0.39 is 35.5 Å². The maximum atomic E-state index is 15.2. The van der Waals surface area contributed by atoms with E-state index in [-0.39, 0.29) is 51.7 Å². The molecule has 0 saturated carbocycles. The van der Waals surface area contributed by atoms with Crippen molar-refractivity contribution in [2.24, 2.45) is 5.10 Å². The number of aromatic nitrogens is 4. The second-order valence-electron chi connectivity index (χ2n) is 10.2. The molecule has 15 nitrogen and oxygen atoms in total. The van der Waals surface area contributed by atoms with Crippen LogP contribution in [0.5, 0.6) is 0 Å². The Labute approximate surface area is 250 Å². The molecule has 2 aliphatic rings. The van der Waals surface area contributed by atoms with Gasteiger partial charge in [0, 0.05) is 43.4 Å². The third-order valence-corrected chi connectivity index (χ3v) is 7.39. The minimum atomic E-state index is -2.04. The van der Waals surface area contributed by atoms with Gasteiger partial charge in [-0.3, -0.25) is 9.91 Å². The van der Waals surface area contributed by atoms with Crippen molar-refractivity contribution in [1.29, 1.82) is 0 Å². The highest BCUT2D eigenvalue weighted by Gasteiger charge is 2.47. The zero-order chi connectivity index (χ0) is 31.3. The van der Waals surface area contributed by atoms with Crippen LogP contribution < -0.4 is 4.90 Å². The number of amides is 2. The smallest absolute Gasteiger partial charge is 0.434 e. The van der Waals surface area contributed by atoms with Crippen LogP contribution in [0, 0.1) is 11.6 Å². The fourth-order valence-electron chi connectivity index (χ4n) is 5.03. The van der Waals surface area contributed by atoms with Crippen LogP contribution in [-0.4, -0.2) is 116 Å². The van der Waals surface area contributed by atoms with Gasteiger partial charge in [-0.2, -0.15) is 5.10 Å². The first kappa shape index (κ1) is 30.6. The molecule has 2 aliphatic heterocycles. The van der Waals surface area contributed by atoms with Crippen molar-refractivity contribution in [3.63, 3.8) is 0 Å². The first-order chi connectivity index (χ1) is 21.2. The molecule has 0 radical (unpaired) electrons. The molecular formula is C27H31F2N9O6. The zero-order valence-corrected chi connectivity index (χ0v) is 23.7. The second-order valence-corrected chi connectivity index (χ2v) is 10.2. The number of benzene rings is 2. The third kappa shape index (κ3) is 6.52. The summed E-state index contributed by atoms with van der Waals surface area (Å²) < 4.78 is 40.4. The first-order valence-electron chi connectivity index (χ1n) is 13.7. The molecule has 5 rings (SSSR count). The van der Waals surface area contributed by atoms with E-state index in [4.69, 9.17) is 14.6 Å². The Balaban J connectivity index is 1.30. The lowest BCUT2D eigenvalue weighted by Crippen LogP contribution is -2.55. The minimum absolute atomic E-state index is 0.00235. The Morgan fingerprint density at radius 1 is 1.11 bits per heavy atom.